The van der Waals surface area contributed by atoms with Gasteiger partial charge in [-0.05, 0) is 6.92 Å². The van der Waals surface area contributed by atoms with Gasteiger partial charge in [-0.2, -0.15) is 0 Å². The van der Waals surface area contributed by atoms with Crippen molar-refractivity contribution in [1.29, 1.82) is 0 Å². The topological polar surface area (TPSA) is 54.0 Å². The lowest BCUT2D eigenvalue weighted by Crippen LogP contribution is -2.27. The van der Waals surface area contributed by atoms with Crippen molar-refractivity contribution >= 4 is 5.97 Å². The molecule has 1 aliphatic heterocycles. The number of ether oxygens (including phenoxy) is 4. The van der Waals surface area contributed by atoms with Crippen LogP contribution in [0.15, 0.2) is 0 Å². The minimum absolute atomic E-state index is 0.0387. The van der Waals surface area contributed by atoms with Crippen LogP contribution in [-0.2, 0) is 23.7 Å². The molecule has 0 aliphatic carbocycles. The van der Waals surface area contributed by atoms with Gasteiger partial charge < -0.3 is 18.9 Å². The Bertz CT molecular complexity index is 218. The summed E-state index contributed by atoms with van der Waals surface area (Å²) in [5, 5.41) is 0. The zero-order valence-corrected chi connectivity index (χ0v) is 9.56. The first-order chi connectivity index (χ1) is 7.08. The van der Waals surface area contributed by atoms with Crippen LogP contribution in [0, 0.1) is 0 Å². The number of rotatable bonds is 4. The number of hydrogen-bond acceptors (Lipinski definition) is 5. The molecular weight excluding hydrogens is 200 g/mol. The first-order valence-corrected chi connectivity index (χ1v) is 4.96. The number of hydrogen-bond donors (Lipinski definition) is 0. The molecule has 0 aromatic carbocycles. The summed E-state index contributed by atoms with van der Waals surface area (Å²) in [4.78, 5) is 10.8. The average molecular weight is 218 g/mol. The Morgan fingerprint density at radius 3 is 2.60 bits per heavy atom. The molecule has 0 amide bonds. The normalized spacial score (nSPS) is 32.7. The summed E-state index contributed by atoms with van der Waals surface area (Å²) < 4.78 is 20.9. The molecule has 1 saturated heterocycles. The monoisotopic (exact) mass is 218 g/mol. The molecule has 0 N–H and O–H groups in total. The fraction of sp³-hybridized carbons (Fsp3) is 0.900. The molecule has 88 valence electrons. The lowest BCUT2D eigenvalue weighted by molar-refractivity contribution is -0.182. The Labute approximate surface area is 89.6 Å². The van der Waals surface area contributed by atoms with Crippen molar-refractivity contribution in [2.75, 3.05) is 14.2 Å². The second kappa shape index (κ2) is 5.44. The van der Waals surface area contributed by atoms with Crippen LogP contribution in [0.25, 0.3) is 0 Å². The summed E-state index contributed by atoms with van der Waals surface area (Å²) in [6, 6.07) is 0. The molecule has 4 unspecified atom stereocenters. The van der Waals surface area contributed by atoms with E-state index in [4.69, 9.17) is 18.9 Å². The second-order valence-corrected chi connectivity index (χ2v) is 3.60. The van der Waals surface area contributed by atoms with E-state index in [0.717, 1.165) is 0 Å². The maximum absolute atomic E-state index is 10.8. The van der Waals surface area contributed by atoms with E-state index in [1.807, 2.05) is 6.92 Å². The Morgan fingerprint density at radius 2 is 2.13 bits per heavy atom. The lowest BCUT2D eigenvalue weighted by Gasteiger charge is -2.17. The second-order valence-electron chi connectivity index (χ2n) is 3.60. The summed E-state index contributed by atoms with van der Waals surface area (Å²) in [6.45, 7) is 3.29. The molecule has 5 heteroatoms. The van der Waals surface area contributed by atoms with E-state index in [9.17, 15) is 4.79 Å². The highest BCUT2D eigenvalue weighted by atomic mass is 16.7. The highest BCUT2D eigenvalue weighted by molar-refractivity contribution is 5.66. The van der Waals surface area contributed by atoms with E-state index >= 15 is 0 Å². The highest BCUT2D eigenvalue weighted by Gasteiger charge is 2.40. The third kappa shape index (κ3) is 3.15. The van der Waals surface area contributed by atoms with Crippen LogP contribution in [0.3, 0.4) is 0 Å². The van der Waals surface area contributed by atoms with Gasteiger partial charge in [-0.1, -0.05) is 0 Å². The zero-order chi connectivity index (χ0) is 11.4. The van der Waals surface area contributed by atoms with Gasteiger partial charge in [-0.25, -0.2) is 0 Å². The Hall–Kier alpha value is -0.650. The number of esters is 1. The molecule has 0 bridgehead atoms. The van der Waals surface area contributed by atoms with Crippen molar-refractivity contribution in [2.24, 2.45) is 0 Å². The van der Waals surface area contributed by atoms with Crippen molar-refractivity contribution in [3.05, 3.63) is 0 Å². The van der Waals surface area contributed by atoms with Gasteiger partial charge in [0.15, 0.2) is 12.4 Å². The van der Waals surface area contributed by atoms with Gasteiger partial charge in [0, 0.05) is 27.6 Å². The third-order valence-corrected chi connectivity index (χ3v) is 2.52. The Balaban J connectivity index is 2.54. The largest absolute Gasteiger partial charge is 0.457 e. The number of carbonyl (C=O) groups excluding carboxylic acids is 1. The SMILES string of the molecule is COC(C)C1CC(OC(C)=O)C(OC)O1. The summed E-state index contributed by atoms with van der Waals surface area (Å²) in [5.74, 6) is -0.323. The minimum Gasteiger partial charge on any atom is -0.457 e. The molecule has 0 saturated carbocycles. The van der Waals surface area contributed by atoms with Crippen LogP contribution in [0.1, 0.15) is 20.3 Å². The molecule has 0 radical (unpaired) electrons. The van der Waals surface area contributed by atoms with Crippen LogP contribution >= 0.6 is 0 Å². The van der Waals surface area contributed by atoms with Crippen LogP contribution in [0.2, 0.25) is 0 Å². The van der Waals surface area contributed by atoms with Gasteiger partial charge in [-0.15, -0.1) is 0 Å². The molecular formula is C10H18O5. The fourth-order valence-corrected chi connectivity index (χ4v) is 1.63. The predicted molar refractivity (Wildman–Crippen MR) is 52.3 cm³/mol. The molecule has 5 nitrogen and oxygen atoms in total. The standard InChI is InChI=1S/C10H18O5/c1-6(12-3)8-5-9(14-7(2)11)10(13-4)15-8/h6,8-10H,5H2,1-4H3. The van der Waals surface area contributed by atoms with E-state index < -0.39 is 6.29 Å². The van der Waals surface area contributed by atoms with E-state index in [1.54, 1.807) is 7.11 Å². The van der Waals surface area contributed by atoms with E-state index in [2.05, 4.69) is 0 Å². The van der Waals surface area contributed by atoms with Crippen molar-refractivity contribution in [3.63, 3.8) is 0 Å². The molecule has 1 rings (SSSR count). The van der Waals surface area contributed by atoms with Crippen LogP contribution in [0.4, 0.5) is 0 Å². The van der Waals surface area contributed by atoms with Crippen LogP contribution in [0.5, 0.6) is 0 Å². The van der Waals surface area contributed by atoms with Gasteiger partial charge in [0.05, 0.1) is 12.2 Å². The van der Waals surface area contributed by atoms with Crippen molar-refractivity contribution in [3.8, 4) is 0 Å². The Morgan fingerprint density at radius 1 is 1.47 bits per heavy atom. The lowest BCUT2D eigenvalue weighted by atomic mass is 10.1. The quantitative estimate of drug-likeness (QED) is 0.651. The molecule has 1 aliphatic rings. The Kier molecular flexibility index (Phi) is 4.50. The van der Waals surface area contributed by atoms with E-state index in [0.29, 0.717) is 6.42 Å². The summed E-state index contributed by atoms with van der Waals surface area (Å²) in [6.07, 6.45) is -0.355. The van der Waals surface area contributed by atoms with Gasteiger partial charge in [-0.3, -0.25) is 4.79 Å². The molecule has 15 heavy (non-hydrogen) atoms. The molecule has 0 spiro atoms. The van der Waals surface area contributed by atoms with Crippen LogP contribution in [-0.4, -0.2) is 44.8 Å². The maximum Gasteiger partial charge on any atom is 0.303 e. The van der Waals surface area contributed by atoms with Crippen LogP contribution < -0.4 is 0 Å². The minimum atomic E-state index is -0.489. The summed E-state index contributed by atoms with van der Waals surface area (Å²) in [7, 11) is 3.15. The molecule has 1 heterocycles. The smallest absolute Gasteiger partial charge is 0.303 e. The van der Waals surface area contributed by atoms with Gasteiger partial charge in [0.25, 0.3) is 0 Å². The first kappa shape index (κ1) is 12.4. The molecule has 4 atom stereocenters. The fourth-order valence-electron chi connectivity index (χ4n) is 1.63. The first-order valence-electron chi connectivity index (χ1n) is 4.96. The van der Waals surface area contributed by atoms with Crippen molar-refractivity contribution in [1.82, 2.24) is 0 Å². The summed E-state index contributed by atoms with van der Waals surface area (Å²) in [5.41, 5.74) is 0. The molecule has 0 aromatic heterocycles. The highest BCUT2D eigenvalue weighted by Crippen LogP contribution is 2.26. The molecule has 1 fully saturated rings. The van der Waals surface area contributed by atoms with Crippen molar-refractivity contribution < 1.29 is 23.7 Å². The van der Waals surface area contributed by atoms with Crippen molar-refractivity contribution in [2.45, 2.75) is 44.9 Å². The summed E-state index contributed by atoms with van der Waals surface area (Å²) >= 11 is 0. The van der Waals surface area contributed by atoms with E-state index in [1.165, 1.54) is 14.0 Å². The maximum atomic E-state index is 10.8. The average Bonchev–Trinajstić information content (AvgIpc) is 2.59. The van der Waals surface area contributed by atoms with Gasteiger partial charge in [0.2, 0.25) is 0 Å². The number of carbonyl (C=O) groups is 1. The molecule has 0 aromatic rings. The third-order valence-electron chi connectivity index (χ3n) is 2.52. The van der Waals surface area contributed by atoms with E-state index in [-0.39, 0.29) is 24.3 Å². The van der Waals surface area contributed by atoms with Gasteiger partial charge >= 0.3 is 5.97 Å². The zero-order valence-electron chi connectivity index (χ0n) is 9.56. The number of methoxy groups -OCH3 is 2. The predicted octanol–water partition coefficient (Wildman–Crippen LogP) is 0.714. The van der Waals surface area contributed by atoms with Gasteiger partial charge in [0.1, 0.15) is 0 Å².